The Balaban J connectivity index is 2.49. The van der Waals surface area contributed by atoms with Crippen LogP contribution in [0.15, 0.2) is 24.0 Å². The molecule has 3 N–H and O–H groups in total. The molecule has 154 valence electrons. The number of carboxylic acids is 1. The maximum absolute atomic E-state index is 12.2. The highest BCUT2D eigenvalue weighted by Gasteiger charge is 2.35. The molecule has 3 atom stereocenters. The van der Waals surface area contributed by atoms with Gasteiger partial charge in [0.05, 0.1) is 6.10 Å². The summed E-state index contributed by atoms with van der Waals surface area (Å²) in [5.74, 6) is -1.40. The molecule has 0 radical (unpaired) electrons. The summed E-state index contributed by atoms with van der Waals surface area (Å²) in [7, 11) is 0. The van der Waals surface area contributed by atoms with Crippen molar-refractivity contribution in [3.05, 3.63) is 24.0 Å². The Hall–Kier alpha value is -1.62. The Morgan fingerprint density at radius 3 is 2.63 bits per heavy atom. The van der Waals surface area contributed by atoms with Gasteiger partial charge in [0.2, 0.25) is 5.76 Å². The van der Waals surface area contributed by atoms with E-state index in [1.54, 1.807) is 6.08 Å². The minimum absolute atomic E-state index is 0.0256. The van der Waals surface area contributed by atoms with Crippen molar-refractivity contribution >= 4 is 11.8 Å². The van der Waals surface area contributed by atoms with E-state index in [1.807, 2.05) is 0 Å². The van der Waals surface area contributed by atoms with Gasteiger partial charge in [-0.3, -0.25) is 4.79 Å². The lowest BCUT2D eigenvalue weighted by atomic mass is 9.77. The number of carboxylic acid groups (broad SMARTS) is 1. The summed E-state index contributed by atoms with van der Waals surface area (Å²) in [4.78, 5) is 22.7. The first-order chi connectivity index (χ1) is 12.7. The molecule has 0 heterocycles. The first-order valence-corrected chi connectivity index (χ1v) is 10.2. The quantitative estimate of drug-likeness (QED) is 0.257. The van der Waals surface area contributed by atoms with Gasteiger partial charge in [0, 0.05) is 12.3 Å². The average Bonchev–Trinajstić information content (AvgIpc) is 2.97. The number of carbonyl (C=O) groups is 2. The fraction of sp³-hybridized carbons (Fsp3) is 0.727. The highest BCUT2D eigenvalue weighted by atomic mass is 16.4. The maximum atomic E-state index is 12.2. The fourth-order valence-electron chi connectivity index (χ4n) is 3.88. The normalized spacial score (nSPS) is 22.5. The van der Waals surface area contributed by atoms with Gasteiger partial charge in [0.1, 0.15) is 5.78 Å². The van der Waals surface area contributed by atoms with E-state index in [-0.39, 0.29) is 17.4 Å². The number of ketones is 1. The van der Waals surface area contributed by atoms with Crippen LogP contribution >= 0.6 is 0 Å². The number of aliphatic hydroxyl groups is 2. The zero-order chi connectivity index (χ0) is 20.4. The Morgan fingerprint density at radius 2 is 2.00 bits per heavy atom. The zero-order valence-electron chi connectivity index (χ0n) is 17.0. The summed E-state index contributed by atoms with van der Waals surface area (Å²) < 4.78 is 0. The van der Waals surface area contributed by atoms with Crippen molar-refractivity contribution < 1.29 is 24.9 Å². The Kier molecular flexibility index (Phi) is 9.78. The third-order valence-corrected chi connectivity index (χ3v) is 5.89. The Bertz CT molecular complexity index is 547. The van der Waals surface area contributed by atoms with Gasteiger partial charge in [-0.15, -0.1) is 0 Å². The number of aliphatic hydroxyl groups excluding tert-OH is 2. The van der Waals surface area contributed by atoms with Gasteiger partial charge in [-0.1, -0.05) is 45.8 Å². The molecule has 0 amide bonds. The summed E-state index contributed by atoms with van der Waals surface area (Å²) in [5, 5.41) is 28.3. The van der Waals surface area contributed by atoms with Crippen LogP contribution in [0.5, 0.6) is 0 Å². The number of hydrogen-bond acceptors (Lipinski definition) is 4. The number of aliphatic carboxylic acids is 1. The molecule has 0 saturated heterocycles. The molecule has 0 bridgehead atoms. The zero-order valence-corrected chi connectivity index (χ0v) is 17.0. The molecular weight excluding hydrogens is 344 g/mol. The summed E-state index contributed by atoms with van der Waals surface area (Å²) in [6, 6.07) is 0. The highest BCUT2D eigenvalue weighted by Crippen LogP contribution is 2.38. The minimum atomic E-state index is -1.36. The van der Waals surface area contributed by atoms with Crippen molar-refractivity contribution in [3.63, 3.8) is 0 Å². The van der Waals surface area contributed by atoms with Gasteiger partial charge in [-0.05, 0) is 55.9 Å². The first kappa shape index (κ1) is 23.4. The standard InChI is InChI=1S/C22H36O5/c1-4-5-15-22(2,3)20(25)14-12-16-11-13-18(23)17(16)9-7-6-8-10-19(24)21(26)27/h6,8,10,16-17,20,24-25H,4-5,7,9,11-15H2,1-3H3,(H,26,27)/b8-6?,19-10-/t16-,17-,20?/m1/s1. The molecule has 0 aromatic carbocycles. The molecule has 0 aromatic heterocycles. The van der Waals surface area contributed by atoms with Crippen LogP contribution in [0.4, 0.5) is 0 Å². The third kappa shape index (κ3) is 7.87. The lowest BCUT2D eigenvalue weighted by Gasteiger charge is -2.32. The molecule has 0 spiro atoms. The van der Waals surface area contributed by atoms with E-state index in [9.17, 15) is 14.7 Å². The van der Waals surface area contributed by atoms with E-state index in [0.717, 1.165) is 51.0 Å². The van der Waals surface area contributed by atoms with Crippen LogP contribution < -0.4 is 0 Å². The van der Waals surface area contributed by atoms with Gasteiger partial charge in [-0.2, -0.15) is 0 Å². The van der Waals surface area contributed by atoms with E-state index in [1.165, 1.54) is 6.08 Å². The number of rotatable bonds is 12. The van der Waals surface area contributed by atoms with Crippen LogP contribution in [0.1, 0.15) is 78.6 Å². The van der Waals surface area contributed by atoms with Crippen molar-refractivity contribution in [2.75, 3.05) is 0 Å². The molecule has 1 saturated carbocycles. The van der Waals surface area contributed by atoms with E-state index >= 15 is 0 Å². The van der Waals surface area contributed by atoms with Crippen LogP contribution in [-0.2, 0) is 9.59 Å². The van der Waals surface area contributed by atoms with Crippen molar-refractivity contribution in [3.8, 4) is 0 Å². The lowest BCUT2D eigenvalue weighted by molar-refractivity contribution is -0.135. The molecule has 1 aliphatic carbocycles. The topological polar surface area (TPSA) is 94.8 Å². The number of carbonyl (C=O) groups excluding carboxylic acids is 1. The van der Waals surface area contributed by atoms with Crippen LogP contribution in [0.3, 0.4) is 0 Å². The average molecular weight is 381 g/mol. The Morgan fingerprint density at radius 1 is 1.30 bits per heavy atom. The van der Waals surface area contributed by atoms with Crippen LogP contribution in [0, 0.1) is 17.3 Å². The Labute approximate surface area is 163 Å². The van der Waals surface area contributed by atoms with Gasteiger partial charge in [0.25, 0.3) is 0 Å². The largest absolute Gasteiger partial charge is 0.502 e. The predicted octanol–water partition coefficient (Wildman–Crippen LogP) is 4.80. The van der Waals surface area contributed by atoms with Gasteiger partial charge in [0.15, 0.2) is 0 Å². The van der Waals surface area contributed by atoms with E-state index in [0.29, 0.717) is 24.5 Å². The number of unbranched alkanes of at least 4 members (excludes halogenated alkanes) is 1. The van der Waals surface area contributed by atoms with Gasteiger partial charge >= 0.3 is 5.97 Å². The highest BCUT2D eigenvalue weighted by molar-refractivity contribution is 5.84. The SMILES string of the molecule is CCCCC(C)(C)C(O)CC[C@H]1CCC(=O)[C@@H]1CCC=C/C=C(\O)C(=O)O. The molecule has 0 aromatic rings. The van der Waals surface area contributed by atoms with Crippen LogP contribution in [-0.4, -0.2) is 33.2 Å². The van der Waals surface area contributed by atoms with Crippen molar-refractivity contribution in [2.45, 2.75) is 84.7 Å². The smallest absolute Gasteiger partial charge is 0.370 e. The summed E-state index contributed by atoms with van der Waals surface area (Å²) >= 11 is 0. The fourth-order valence-corrected chi connectivity index (χ4v) is 3.88. The molecule has 5 nitrogen and oxygen atoms in total. The van der Waals surface area contributed by atoms with Gasteiger partial charge < -0.3 is 15.3 Å². The number of Topliss-reactive ketones (excluding diaryl/α,β-unsaturated/α-hetero) is 1. The maximum Gasteiger partial charge on any atom is 0.370 e. The second-order valence-corrected chi connectivity index (χ2v) is 8.42. The van der Waals surface area contributed by atoms with Crippen molar-refractivity contribution in [2.24, 2.45) is 17.3 Å². The van der Waals surface area contributed by atoms with Gasteiger partial charge in [-0.25, -0.2) is 4.79 Å². The molecule has 1 unspecified atom stereocenters. The lowest BCUT2D eigenvalue weighted by Crippen LogP contribution is -2.30. The molecule has 27 heavy (non-hydrogen) atoms. The molecule has 1 aliphatic rings. The minimum Gasteiger partial charge on any atom is -0.502 e. The predicted molar refractivity (Wildman–Crippen MR) is 106 cm³/mol. The second-order valence-electron chi connectivity index (χ2n) is 8.42. The summed E-state index contributed by atoms with van der Waals surface area (Å²) in [6.45, 7) is 6.40. The van der Waals surface area contributed by atoms with Crippen molar-refractivity contribution in [1.29, 1.82) is 0 Å². The first-order valence-electron chi connectivity index (χ1n) is 10.2. The number of hydrogen-bond donors (Lipinski definition) is 3. The third-order valence-electron chi connectivity index (χ3n) is 5.89. The second kappa shape index (κ2) is 11.3. The summed E-state index contributed by atoms with van der Waals surface area (Å²) in [6.07, 6.45) is 11.9. The monoisotopic (exact) mass is 380 g/mol. The molecule has 0 aliphatic heterocycles. The summed E-state index contributed by atoms with van der Waals surface area (Å²) in [5.41, 5.74) is -0.0880. The van der Waals surface area contributed by atoms with E-state index in [4.69, 9.17) is 10.2 Å². The molecule has 5 heteroatoms. The molecule has 1 fully saturated rings. The van der Waals surface area contributed by atoms with E-state index in [2.05, 4.69) is 20.8 Å². The molecule has 1 rings (SSSR count). The molecular formula is C22H36O5. The van der Waals surface area contributed by atoms with Crippen LogP contribution in [0.2, 0.25) is 0 Å². The van der Waals surface area contributed by atoms with Crippen molar-refractivity contribution in [1.82, 2.24) is 0 Å². The van der Waals surface area contributed by atoms with E-state index < -0.39 is 11.7 Å². The number of allylic oxidation sites excluding steroid dienone is 3. The van der Waals surface area contributed by atoms with Crippen LogP contribution in [0.25, 0.3) is 0 Å².